The third-order valence-corrected chi connectivity index (χ3v) is 5.04. The van der Waals surface area contributed by atoms with Crippen LogP contribution in [0.15, 0.2) is 65.8 Å². The van der Waals surface area contributed by atoms with E-state index in [2.05, 4.69) is 15.8 Å². The third-order valence-electron chi connectivity index (χ3n) is 5.04. The summed E-state index contributed by atoms with van der Waals surface area (Å²) in [6.45, 7) is 2.71. The quantitative estimate of drug-likeness (QED) is 0.234. The number of nitrogens with one attached hydrogen (secondary N) is 2. The number of benzene rings is 3. The summed E-state index contributed by atoms with van der Waals surface area (Å²) in [6, 6.07) is 16.7. The van der Waals surface area contributed by atoms with Crippen molar-refractivity contribution in [3.05, 3.63) is 81.9 Å². The number of nitrogens with zero attached hydrogens (tertiary/aromatic N) is 2. The molecule has 1 aliphatic rings. The van der Waals surface area contributed by atoms with Crippen LogP contribution < -0.4 is 29.7 Å². The highest BCUT2D eigenvalue weighted by molar-refractivity contribution is 5.85. The average molecular weight is 492 g/mol. The average Bonchev–Trinajstić information content (AvgIpc) is 3.35. The van der Waals surface area contributed by atoms with E-state index in [4.69, 9.17) is 18.9 Å². The van der Waals surface area contributed by atoms with E-state index in [1.54, 1.807) is 48.5 Å². The largest absolute Gasteiger partial charge is 0.490 e. The summed E-state index contributed by atoms with van der Waals surface area (Å²) in [5.74, 6) is 2.01. The summed E-state index contributed by atoms with van der Waals surface area (Å²) in [5.41, 5.74) is 4.70. The Morgan fingerprint density at radius 2 is 1.86 bits per heavy atom. The molecule has 0 aliphatic carbocycles. The number of hydrazone groups is 1. The third kappa shape index (κ3) is 6.41. The van der Waals surface area contributed by atoms with Gasteiger partial charge in [0.05, 0.1) is 24.3 Å². The Hall–Kier alpha value is -4.80. The zero-order chi connectivity index (χ0) is 25.3. The van der Waals surface area contributed by atoms with Crippen molar-refractivity contribution in [1.29, 1.82) is 0 Å². The number of amides is 1. The molecule has 0 radical (unpaired) electrons. The van der Waals surface area contributed by atoms with E-state index in [1.165, 1.54) is 18.3 Å². The Balaban J connectivity index is 1.29. The second-order valence-corrected chi connectivity index (χ2v) is 7.57. The molecule has 3 aromatic rings. The summed E-state index contributed by atoms with van der Waals surface area (Å²) in [6.07, 6.45) is 1.50. The van der Waals surface area contributed by atoms with Crippen LogP contribution in [-0.2, 0) is 11.4 Å². The van der Waals surface area contributed by atoms with Gasteiger partial charge in [-0.05, 0) is 60.5 Å². The fourth-order valence-electron chi connectivity index (χ4n) is 3.27. The molecular formula is C25H24N4O7. The smallest absolute Gasteiger partial charge is 0.269 e. The highest BCUT2D eigenvalue weighted by Crippen LogP contribution is 2.34. The first-order valence-electron chi connectivity index (χ1n) is 11.1. The molecule has 11 heteroatoms. The minimum atomic E-state index is -0.448. The lowest BCUT2D eigenvalue weighted by molar-refractivity contribution is -0.384. The maximum absolute atomic E-state index is 12.1. The maximum Gasteiger partial charge on any atom is 0.269 e. The van der Waals surface area contributed by atoms with Gasteiger partial charge in [-0.15, -0.1) is 0 Å². The van der Waals surface area contributed by atoms with Gasteiger partial charge in [-0.1, -0.05) is 0 Å². The van der Waals surface area contributed by atoms with Crippen LogP contribution in [-0.4, -0.2) is 37.0 Å². The van der Waals surface area contributed by atoms with Crippen LogP contribution in [0.4, 0.5) is 11.4 Å². The Labute approximate surface area is 206 Å². The van der Waals surface area contributed by atoms with E-state index < -0.39 is 4.92 Å². The van der Waals surface area contributed by atoms with Gasteiger partial charge in [0.25, 0.3) is 11.6 Å². The molecule has 0 fully saturated rings. The number of hydrogen-bond acceptors (Lipinski definition) is 9. The first kappa shape index (κ1) is 24.3. The standard InChI is InChI=1S/C25H24N4O7/c1-2-33-23-11-18(5-9-21(23)34-15-17-3-7-20(8-4-17)29(31)32)13-27-28-25(30)14-26-19-6-10-22-24(12-19)36-16-35-22/h3-13,26H,2,14-16H2,1H3,(H,28,30)/b27-13+. The van der Waals surface area contributed by atoms with Gasteiger partial charge in [0.1, 0.15) is 6.61 Å². The monoisotopic (exact) mass is 492 g/mol. The Morgan fingerprint density at radius 3 is 2.64 bits per heavy atom. The molecule has 1 aliphatic heterocycles. The van der Waals surface area contributed by atoms with E-state index in [1.807, 2.05) is 6.92 Å². The maximum atomic E-state index is 12.1. The van der Waals surface area contributed by atoms with Gasteiger partial charge < -0.3 is 24.3 Å². The Kier molecular flexibility index (Phi) is 7.81. The first-order chi connectivity index (χ1) is 17.5. The molecule has 0 bridgehead atoms. The topological polar surface area (TPSA) is 134 Å². The summed E-state index contributed by atoms with van der Waals surface area (Å²) in [7, 11) is 0. The number of non-ortho nitro benzene ring substituents is 1. The number of hydrogen-bond donors (Lipinski definition) is 2. The molecule has 2 N–H and O–H groups in total. The van der Waals surface area contributed by atoms with Crippen molar-refractivity contribution >= 4 is 23.5 Å². The second-order valence-electron chi connectivity index (χ2n) is 7.57. The van der Waals surface area contributed by atoms with Crippen molar-refractivity contribution in [3.8, 4) is 23.0 Å². The normalized spacial score (nSPS) is 11.8. The lowest BCUT2D eigenvalue weighted by Crippen LogP contribution is -2.25. The molecule has 3 aromatic carbocycles. The number of carbonyl (C=O) groups excluding carboxylic acids is 1. The van der Waals surface area contributed by atoms with Gasteiger partial charge in [-0.2, -0.15) is 5.10 Å². The van der Waals surface area contributed by atoms with Crippen molar-refractivity contribution < 1.29 is 28.7 Å². The summed E-state index contributed by atoms with van der Waals surface area (Å²) >= 11 is 0. The Morgan fingerprint density at radius 1 is 1.06 bits per heavy atom. The highest BCUT2D eigenvalue weighted by Gasteiger charge is 2.13. The molecule has 0 saturated heterocycles. The summed E-state index contributed by atoms with van der Waals surface area (Å²) in [5, 5.41) is 17.8. The van der Waals surface area contributed by atoms with Crippen molar-refractivity contribution in [3.63, 3.8) is 0 Å². The van der Waals surface area contributed by atoms with Crippen molar-refractivity contribution in [2.45, 2.75) is 13.5 Å². The van der Waals surface area contributed by atoms with Gasteiger partial charge in [-0.3, -0.25) is 14.9 Å². The predicted octanol–water partition coefficient (Wildman–Crippen LogP) is 3.86. The van der Waals surface area contributed by atoms with Crippen LogP contribution in [0.2, 0.25) is 0 Å². The Bertz CT molecular complexity index is 1260. The molecule has 36 heavy (non-hydrogen) atoms. The van der Waals surface area contributed by atoms with Gasteiger partial charge >= 0.3 is 0 Å². The number of anilines is 1. The van der Waals surface area contributed by atoms with Crippen LogP contribution in [0.25, 0.3) is 0 Å². The van der Waals surface area contributed by atoms with E-state index in [0.29, 0.717) is 35.2 Å². The molecule has 0 spiro atoms. The number of fused-ring (bicyclic) bond motifs is 1. The molecule has 186 valence electrons. The minimum Gasteiger partial charge on any atom is -0.490 e. The van der Waals surface area contributed by atoms with Crippen LogP contribution in [0.3, 0.4) is 0 Å². The summed E-state index contributed by atoms with van der Waals surface area (Å²) < 4.78 is 22.1. The SMILES string of the molecule is CCOc1cc(/C=N/NC(=O)CNc2ccc3c(c2)OCO3)ccc1OCc1ccc([N+](=O)[O-])cc1. The lowest BCUT2D eigenvalue weighted by Gasteiger charge is -2.12. The predicted molar refractivity (Wildman–Crippen MR) is 132 cm³/mol. The molecule has 0 unspecified atom stereocenters. The van der Waals surface area contributed by atoms with E-state index in [-0.39, 0.29) is 31.5 Å². The lowest BCUT2D eigenvalue weighted by atomic mass is 10.2. The highest BCUT2D eigenvalue weighted by atomic mass is 16.7. The van der Waals surface area contributed by atoms with Gasteiger partial charge in [0.15, 0.2) is 23.0 Å². The summed E-state index contributed by atoms with van der Waals surface area (Å²) in [4.78, 5) is 22.5. The van der Waals surface area contributed by atoms with Crippen molar-refractivity contribution in [2.24, 2.45) is 5.10 Å². The van der Waals surface area contributed by atoms with Crippen molar-refractivity contribution in [1.82, 2.24) is 5.43 Å². The number of rotatable bonds is 11. The molecule has 1 heterocycles. The van der Waals surface area contributed by atoms with Gasteiger partial charge in [-0.25, -0.2) is 5.43 Å². The molecule has 11 nitrogen and oxygen atoms in total. The number of nitro benzene ring substituents is 1. The van der Waals surface area contributed by atoms with Crippen LogP contribution in [0.5, 0.6) is 23.0 Å². The van der Waals surface area contributed by atoms with Crippen LogP contribution in [0, 0.1) is 10.1 Å². The molecule has 0 atom stereocenters. The van der Waals surface area contributed by atoms with Crippen molar-refractivity contribution in [2.75, 3.05) is 25.3 Å². The molecule has 1 amide bonds. The van der Waals surface area contributed by atoms with Crippen LogP contribution >= 0.6 is 0 Å². The second kappa shape index (κ2) is 11.6. The molecule has 0 aromatic heterocycles. The fourth-order valence-corrected chi connectivity index (χ4v) is 3.27. The number of nitro groups is 1. The van der Waals surface area contributed by atoms with Gasteiger partial charge in [0, 0.05) is 23.9 Å². The molecular weight excluding hydrogens is 468 g/mol. The number of carbonyl (C=O) groups is 1. The van der Waals surface area contributed by atoms with Gasteiger partial charge in [0.2, 0.25) is 6.79 Å². The fraction of sp³-hybridized carbons (Fsp3) is 0.200. The molecule has 4 rings (SSSR count). The zero-order valence-electron chi connectivity index (χ0n) is 19.4. The van der Waals surface area contributed by atoms with E-state index >= 15 is 0 Å². The van der Waals surface area contributed by atoms with Crippen LogP contribution in [0.1, 0.15) is 18.1 Å². The number of ether oxygens (including phenoxy) is 4. The minimum absolute atomic E-state index is 0.0215. The van der Waals surface area contributed by atoms with E-state index in [9.17, 15) is 14.9 Å². The van der Waals surface area contributed by atoms with E-state index in [0.717, 1.165) is 11.3 Å². The molecule has 0 saturated carbocycles. The first-order valence-corrected chi connectivity index (χ1v) is 11.1. The zero-order valence-corrected chi connectivity index (χ0v) is 19.4.